The SMILES string of the molecule is CC(C)(C)OC(=O)N1C(CC=CCCCCCCCCCCCCCO)COC1(C)C. The molecule has 1 heterocycles. The third-order valence-corrected chi connectivity index (χ3v) is 5.77. The number of hydrogen-bond donors (Lipinski definition) is 1. The molecule has 0 radical (unpaired) electrons. The number of hydrogen-bond acceptors (Lipinski definition) is 4. The lowest BCUT2D eigenvalue weighted by atomic mass is 10.0. The third-order valence-electron chi connectivity index (χ3n) is 5.77. The number of nitrogens with zero attached hydrogens (tertiary/aromatic N) is 1. The quantitative estimate of drug-likeness (QED) is 0.221. The van der Waals surface area contributed by atoms with Gasteiger partial charge in [0.15, 0.2) is 0 Å². The summed E-state index contributed by atoms with van der Waals surface area (Å²) in [6.45, 7) is 10.4. The molecular weight excluding hydrogens is 390 g/mol. The van der Waals surface area contributed by atoms with Gasteiger partial charge in [0.05, 0.1) is 12.6 Å². The fraction of sp³-hybridized carbons (Fsp3) is 0.885. The number of amides is 1. The van der Waals surface area contributed by atoms with Crippen molar-refractivity contribution >= 4 is 6.09 Å². The molecule has 31 heavy (non-hydrogen) atoms. The average Bonchev–Trinajstić information content (AvgIpc) is 2.98. The number of allylic oxidation sites excluding steroid dienone is 1. The number of aliphatic hydroxyl groups excluding tert-OH is 1. The van der Waals surface area contributed by atoms with E-state index < -0.39 is 11.3 Å². The summed E-state index contributed by atoms with van der Waals surface area (Å²) in [7, 11) is 0. The van der Waals surface area contributed by atoms with Crippen molar-refractivity contribution in [3.05, 3.63) is 12.2 Å². The number of carbonyl (C=O) groups is 1. The average molecular weight is 440 g/mol. The Hall–Kier alpha value is -1.07. The van der Waals surface area contributed by atoms with Gasteiger partial charge in [-0.3, -0.25) is 4.90 Å². The lowest BCUT2D eigenvalue weighted by Crippen LogP contribution is -2.49. The van der Waals surface area contributed by atoms with Crippen molar-refractivity contribution in [2.45, 2.75) is 135 Å². The standard InChI is InChI=1S/C26H49NO4/c1-25(2,3)31-24(29)27-23(22-30-26(27,4)5)20-18-16-14-12-10-8-6-7-9-11-13-15-17-19-21-28/h16,18,23,28H,6-15,17,19-22H2,1-5H3. The largest absolute Gasteiger partial charge is 0.444 e. The van der Waals surface area contributed by atoms with Gasteiger partial charge in [-0.05, 0) is 60.3 Å². The summed E-state index contributed by atoms with van der Waals surface area (Å²) in [5, 5.41) is 8.76. The van der Waals surface area contributed by atoms with Gasteiger partial charge in [-0.15, -0.1) is 0 Å². The summed E-state index contributed by atoms with van der Waals surface area (Å²) in [6.07, 6.45) is 20.1. The van der Waals surface area contributed by atoms with Crippen LogP contribution in [0.1, 0.15) is 118 Å². The van der Waals surface area contributed by atoms with Gasteiger partial charge in [-0.1, -0.05) is 69.9 Å². The molecule has 1 N–H and O–H groups in total. The summed E-state index contributed by atoms with van der Waals surface area (Å²) in [4.78, 5) is 14.4. The van der Waals surface area contributed by atoms with E-state index in [0.29, 0.717) is 13.2 Å². The molecule has 5 heteroatoms. The number of unbranched alkanes of at least 4 members (excludes halogenated alkanes) is 11. The second-order valence-corrected chi connectivity index (χ2v) is 10.4. The lowest BCUT2D eigenvalue weighted by Gasteiger charge is -2.34. The molecule has 1 aliphatic heterocycles. The van der Waals surface area contributed by atoms with Crippen LogP contribution in [-0.2, 0) is 9.47 Å². The van der Waals surface area contributed by atoms with Gasteiger partial charge >= 0.3 is 6.09 Å². The zero-order chi connectivity index (χ0) is 23.2. The minimum atomic E-state index is -0.625. The normalized spacial score (nSPS) is 18.8. The van der Waals surface area contributed by atoms with Crippen LogP contribution in [0.15, 0.2) is 12.2 Å². The second kappa shape index (κ2) is 14.9. The van der Waals surface area contributed by atoms with Gasteiger partial charge in [-0.25, -0.2) is 4.79 Å². The zero-order valence-corrected chi connectivity index (χ0v) is 21.0. The minimum Gasteiger partial charge on any atom is -0.444 e. The van der Waals surface area contributed by atoms with Crippen LogP contribution in [0.3, 0.4) is 0 Å². The lowest BCUT2D eigenvalue weighted by molar-refractivity contribution is -0.0623. The Bertz CT molecular complexity index is 510. The summed E-state index contributed by atoms with van der Waals surface area (Å²) >= 11 is 0. The Morgan fingerprint density at radius 1 is 0.968 bits per heavy atom. The van der Waals surface area contributed by atoms with Crippen molar-refractivity contribution in [1.82, 2.24) is 4.90 Å². The Labute approximate surface area is 191 Å². The number of carbonyl (C=O) groups excluding carboxylic acids is 1. The zero-order valence-electron chi connectivity index (χ0n) is 21.0. The van der Waals surface area contributed by atoms with E-state index in [2.05, 4.69) is 12.2 Å². The molecule has 1 saturated heterocycles. The molecule has 1 aliphatic rings. The first-order valence-corrected chi connectivity index (χ1v) is 12.6. The summed E-state index contributed by atoms with van der Waals surface area (Å²) < 4.78 is 11.4. The fourth-order valence-corrected chi connectivity index (χ4v) is 4.07. The molecular formula is C26H49NO4. The molecule has 0 aromatic carbocycles. The van der Waals surface area contributed by atoms with Crippen LogP contribution in [0, 0.1) is 0 Å². The van der Waals surface area contributed by atoms with E-state index in [-0.39, 0.29) is 12.1 Å². The van der Waals surface area contributed by atoms with Crippen molar-refractivity contribution in [2.75, 3.05) is 13.2 Å². The number of rotatable bonds is 15. The first kappa shape index (κ1) is 28.0. The van der Waals surface area contributed by atoms with Crippen LogP contribution in [0.4, 0.5) is 4.79 Å². The minimum absolute atomic E-state index is 0.0322. The van der Waals surface area contributed by atoms with Crippen molar-refractivity contribution < 1.29 is 19.4 Å². The van der Waals surface area contributed by atoms with Crippen LogP contribution in [0.5, 0.6) is 0 Å². The van der Waals surface area contributed by atoms with E-state index in [9.17, 15) is 4.79 Å². The Balaban J connectivity index is 2.12. The molecule has 1 amide bonds. The van der Waals surface area contributed by atoms with Crippen molar-refractivity contribution in [3.8, 4) is 0 Å². The van der Waals surface area contributed by atoms with Crippen LogP contribution in [-0.4, -0.2) is 46.7 Å². The molecule has 0 aliphatic carbocycles. The van der Waals surface area contributed by atoms with Gasteiger partial charge in [0, 0.05) is 6.61 Å². The maximum atomic E-state index is 12.6. The molecule has 1 atom stereocenters. The van der Waals surface area contributed by atoms with E-state index in [1.54, 1.807) is 4.90 Å². The smallest absolute Gasteiger partial charge is 0.412 e. The molecule has 1 fully saturated rings. The fourth-order valence-electron chi connectivity index (χ4n) is 4.07. The molecule has 0 bridgehead atoms. The highest BCUT2D eigenvalue weighted by atomic mass is 16.6. The third kappa shape index (κ3) is 12.5. The Morgan fingerprint density at radius 3 is 2.00 bits per heavy atom. The van der Waals surface area contributed by atoms with Crippen molar-refractivity contribution in [2.24, 2.45) is 0 Å². The van der Waals surface area contributed by atoms with Gasteiger partial charge < -0.3 is 14.6 Å². The van der Waals surface area contributed by atoms with Crippen molar-refractivity contribution in [1.29, 1.82) is 0 Å². The van der Waals surface area contributed by atoms with E-state index in [4.69, 9.17) is 14.6 Å². The highest BCUT2D eigenvalue weighted by Crippen LogP contribution is 2.31. The number of aliphatic hydroxyl groups is 1. The van der Waals surface area contributed by atoms with Crippen LogP contribution in [0.25, 0.3) is 0 Å². The van der Waals surface area contributed by atoms with Gasteiger partial charge in [0.2, 0.25) is 0 Å². The molecule has 0 aromatic rings. The summed E-state index contributed by atoms with van der Waals surface area (Å²) in [6, 6.07) is 0.0322. The predicted octanol–water partition coefficient (Wildman–Crippen LogP) is 6.98. The maximum Gasteiger partial charge on any atom is 0.412 e. The molecule has 0 aromatic heterocycles. The molecule has 182 valence electrons. The predicted molar refractivity (Wildman–Crippen MR) is 128 cm³/mol. The van der Waals surface area contributed by atoms with Crippen LogP contribution >= 0.6 is 0 Å². The summed E-state index contributed by atoms with van der Waals surface area (Å²) in [5.41, 5.74) is -1.13. The summed E-state index contributed by atoms with van der Waals surface area (Å²) in [5.74, 6) is 0. The van der Waals surface area contributed by atoms with Gasteiger partial charge in [0.1, 0.15) is 11.3 Å². The monoisotopic (exact) mass is 439 g/mol. The maximum absolute atomic E-state index is 12.6. The molecule has 1 rings (SSSR count). The van der Waals surface area contributed by atoms with Crippen LogP contribution < -0.4 is 0 Å². The van der Waals surface area contributed by atoms with Crippen LogP contribution in [0.2, 0.25) is 0 Å². The number of ether oxygens (including phenoxy) is 2. The second-order valence-electron chi connectivity index (χ2n) is 10.4. The molecule has 5 nitrogen and oxygen atoms in total. The van der Waals surface area contributed by atoms with E-state index in [0.717, 1.165) is 19.3 Å². The highest BCUT2D eigenvalue weighted by Gasteiger charge is 2.45. The first-order chi connectivity index (χ1) is 14.7. The Kier molecular flexibility index (Phi) is 13.4. The van der Waals surface area contributed by atoms with E-state index >= 15 is 0 Å². The van der Waals surface area contributed by atoms with Crippen molar-refractivity contribution in [3.63, 3.8) is 0 Å². The molecule has 1 unspecified atom stereocenters. The van der Waals surface area contributed by atoms with E-state index in [1.165, 1.54) is 64.2 Å². The highest BCUT2D eigenvalue weighted by molar-refractivity contribution is 5.69. The first-order valence-electron chi connectivity index (χ1n) is 12.6. The topological polar surface area (TPSA) is 59.0 Å². The van der Waals surface area contributed by atoms with Gasteiger partial charge in [0.25, 0.3) is 0 Å². The van der Waals surface area contributed by atoms with E-state index in [1.807, 2.05) is 34.6 Å². The van der Waals surface area contributed by atoms with Gasteiger partial charge in [-0.2, -0.15) is 0 Å². The Morgan fingerprint density at radius 2 is 1.48 bits per heavy atom. The molecule has 0 spiro atoms. The molecule has 0 saturated carbocycles.